The Morgan fingerprint density at radius 1 is 1.00 bits per heavy atom. The molecule has 0 radical (unpaired) electrons. The molecule has 2 N–H and O–H groups in total. The summed E-state index contributed by atoms with van der Waals surface area (Å²) in [5.41, 5.74) is 3.74. The van der Waals surface area contributed by atoms with Gasteiger partial charge in [-0.25, -0.2) is 4.98 Å². The van der Waals surface area contributed by atoms with Crippen molar-refractivity contribution in [1.29, 1.82) is 5.41 Å². The fourth-order valence-corrected chi connectivity index (χ4v) is 3.48. The zero-order chi connectivity index (χ0) is 19.7. The van der Waals surface area contributed by atoms with Crippen molar-refractivity contribution in [3.8, 4) is 11.1 Å². The smallest absolute Gasteiger partial charge is 0.146 e. The summed E-state index contributed by atoms with van der Waals surface area (Å²) in [4.78, 5) is 4.69. The molecule has 0 fully saturated rings. The van der Waals surface area contributed by atoms with Crippen LogP contribution in [0.3, 0.4) is 0 Å². The van der Waals surface area contributed by atoms with Gasteiger partial charge in [0.1, 0.15) is 11.1 Å². The van der Waals surface area contributed by atoms with Gasteiger partial charge in [-0.1, -0.05) is 60.7 Å². The molecule has 5 nitrogen and oxygen atoms in total. The zero-order valence-electron chi connectivity index (χ0n) is 16.1. The van der Waals surface area contributed by atoms with E-state index in [1.165, 1.54) is 5.56 Å². The van der Waals surface area contributed by atoms with Gasteiger partial charge in [0, 0.05) is 18.3 Å². The fraction of sp³-hybridized carbons (Fsp3) is 0.217. The van der Waals surface area contributed by atoms with Crippen LogP contribution in [-0.2, 0) is 12.1 Å². The highest BCUT2D eigenvalue weighted by Gasteiger charge is 2.23. The molecule has 4 rings (SSSR count). The molecular formula is C23H24N4O. The Labute approximate surface area is 164 Å². The third-order valence-electron chi connectivity index (χ3n) is 5.14. The first-order valence-corrected chi connectivity index (χ1v) is 9.37. The van der Waals surface area contributed by atoms with Gasteiger partial charge in [-0.15, -0.1) is 0 Å². The van der Waals surface area contributed by atoms with Crippen molar-refractivity contribution >= 4 is 11.0 Å². The van der Waals surface area contributed by atoms with Gasteiger partial charge in [-0.05, 0) is 25.0 Å². The summed E-state index contributed by atoms with van der Waals surface area (Å²) in [7, 11) is 0. The number of nitrogens with one attached hydrogen (secondary N) is 1. The van der Waals surface area contributed by atoms with Gasteiger partial charge in [0.25, 0.3) is 0 Å². The number of rotatable bonds is 5. The maximum Gasteiger partial charge on any atom is 0.146 e. The van der Waals surface area contributed by atoms with E-state index in [1.54, 1.807) is 10.9 Å². The zero-order valence-corrected chi connectivity index (χ0v) is 16.1. The number of benzene rings is 2. The van der Waals surface area contributed by atoms with Gasteiger partial charge in [-0.3, -0.25) is 5.41 Å². The van der Waals surface area contributed by atoms with Crippen LogP contribution in [-0.4, -0.2) is 25.8 Å². The lowest BCUT2D eigenvalue weighted by atomic mass is 10.0. The van der Waals surface area contributed by atoms with Gasteiger partial charge < -0.3 is 14.2 Å². The molecular weight excluding hydrogens is 348 g/mol. The van der Waals surface area contributed by atoms with Crippen LogP contribution >= 0.6 is 0 Å². The number of aliphatic hydroxyl groups is 1. The van der Waals surface area contributed by atoms with E-state index >= 15 is 0 Å². The van der Waals surface area contributed by atoms with E-state index in [0.717, 1.165) is 22.2 Å². The Bertz CT molecular complexity index is 1160. The van der Waals surface area contributed by atoms with E-state index in [-0.39, 0.29) is 6.61 Å². The Kier molecular flexibility index (Phi) is 4.61. The number of hydrogen-bond donors (Lipinski definition) is 2. The monoisotopic (exact) mass is 372 g/mol. The molecule has 0 bridgehead atoms. The van der Waals surface area contributed by atoms with E-state index in [2.05, 4.69) is 35.0 Å². The first-order valence-electron chi connectivity index (χ1n) is 9.37. The summed E-state index contributed by atoms with van der Waals surface area (Å²) in [6.07, 6.45) is 3.74. The normalized spacial score (nSPS) is 11.8. The first-order chi connectivity index (χ1) is 13.5. The molecule has 0 saturated carbocycles. The number of fused-ring (bicyclic) bond motifs is 1. The highest BCUT2D eigenvalue weighted by molar-refractivity contribution is 5.93. The second-order valence-corrected chi connectivity index (χ2v) is 7.65. The topological polar surface area (TPSA) is 66.8 Å². The van der Waals surface area contributed by atoms with Crippen LogP contribution in [0.25, 0.3) is 22.2 Å². The van der Waals surface area contributed by atoms with E-state index in [0.29, 0.717) is 12.0 Å². The molecule has 2 aromatic carbocycles. The Morgan fingerprint density at radius 2 is 1.64 bits per heavy atom. The molecule has 0 aliphatic heterocycles. The van der Waals surface area contributed by atoms with Crippen molar-refractivity contribution in [2.24, 2.45) is 0 Å². The van der Waals surface area contributed by atoms with Crippen LogP contribution in [0.1, 0.15) is 19.4 Å². The summed E-state index contributed by atoms with van der Waals surface area (Å²) >= 11 is 0. The number of aromatic nitrogens is 3. The molecule has 0 aliphatic carbocycles. The van der Waals surface area contributed by atoms with E-state index < -0.39 is 5.54 Å². The van der Waals surface area contributed by atoms with Crippen molar-refractivity contribution in [3.05, 3.63) is 84.2 Å². The Balaban J connectivity index is 1.98. The molecule has 0 amide bonds. The standard InChI is InChI=1S/C23H24N4O/c1-23(2,15-28)27-16-25-22-20(21(27)24)19(18-11-7-4-8-12-18)14-26(22)13-17-9-5-3-6-10-17/h3-12,14,16,24,28H,13,15H2,1-2H3. The molecule has 5 heteroatoms. The van der Waals surface area contributed by atoms with Crippen LogP contribution in [0.4, 0.5) is 0 Å². The van der Waals surface area contributed by atoms with Crippen molar-refractivity contribution in [2.75, 3.05) is 6.61 Å². The predicted octanol–water partition coefficient (Wildman–Crippen LogP) is 3.76. The summed E-state index contributed by atoms with van der Waals surface area (Å²) in [5.74, 6) is 0. The minimum absolute atomic E-state index is 0.0673. The van der Waals surface area contributed by atoms with Crippen molar-refractivity contribution in [1.82, 2.24) is 14.1 Å². The van der Waals surface area contributed by atoms with Crippen molar-refractivity contribution in [2.45, 2.75) is 25.9 Å². The van der Waals surface area contributed by atoms with Gasteiger partial charge in [-0.2, -0.15) is 0 Å². The number of hydrogen-bond acceptors (Lipinski definition) is 3. The molecule has 142 valence electrons. The second-order valence-electron chi connectivity index (χ2n) is 7.65. The molecule has 4 aromatic rings. The Hall–Kier alpha value is -3.18. The first kappa shape index (κ1) is 18.2. The lowest BCUT2D eigenvalue weighted by molar-refractivity contribution is 0.159. The average Bonchev–Trinajstić information content (AvgIpc) is 3.09. The highest BCUT2D eigenvalue weighted by atomic mass is 16.3. The molecule has 2 aromatic heterocycles. The molecule has 0 spiro atoms. The summed E-state index contributed by atoms with van der Waals surface area (Å²) < 4.78 is 3.84. The lowest BCUT2D eigenvalue weighted by Crippen LogP contribution is -2.39. The molecule has 0 atom stereocenters. The highest BCUT2D eigenvalue weighted by Crippen LogP contribution is 2.28. The van der Waals surface area contributed by atoms with Gasteiger partial charge in [0.2, 0.25) is 0 Å². The minimum atomic E-state index is -0.603. The summed E-state index contributed by atoms with van der Waals surface area (Å²) in [5, 5.41) is 19.5. The average molecular weight is 372 g/mol. The van der Waals surface area contributed by atoms with Crippen molar-refractivity contribution < 1.29 is 5.11 Å². The van der Waals surface area contributed by atoms with Crippen LogP contribution < -0.4 is 5.49 Å². The third kappa shape index (κ3) is 3.14. The van der Waals surface area contributed by atoms with Crippen LogP contribution in [0.2, 0.25) is 0 Å². The summed E-state index contributed by atoms with van der Waals surface area (Å²) in [6.45, 7) is 4.43. The largest absolute Gasteiger partial charge is 0.394 e. The third-order valence-corrected chi connectivity index (χ3v) is 5.14. The fourth-order valence-electron chi connectivity index (χ4n) is 3.48. The summed E-state index contributed by atoms with van der Waals surface area (Å²) in [6, 6.07) is 20.3. The van der Waals surface area contributed by atoms with E-state index in [1.807, 2.05) is 50.2 Å². The number of nitrogens with zero attached hydrogens (tertiary/aromatic N) is 3. The van der Waals surface area contributed by atoms with Gasteiger partial charge in [0.05, 0.1) is 23.9 Å². The molecule has 28 heavy (non-hydrogen) atoms. The molecule has 0 aliphatic rings. The van der Waals surface area contributed by atoms with Crippen molar-refractivity contribution in [3.63, 3.8) is 0 Å². The van der Waals surface area contributed by atoms with E-state index in [4.69, 9.17) is 10.4 Å². The molecule has 0 unspecified atom stereocenters. The van der Waals surface area contributed by atoms with Crippen LogP contribution in [0.15, 0.2) is 73.2 Å². The van der Waals surface area contributed by atoms with Crippen LogP contribution in [0.5, 0.6) is 0 Å². The maximum absolute atomic E-state index is 9.79. The lowest BCUT2D eigenvalue weighted by Gasteiger charge is -2.25. The predicted molar refractivity (Wildman–Crippen MR) is 111 cm³/mol. The SMILES string of the molecule is CC(C)(CO)n1cnc2c(c(-c3ccccc3)cn2Cc2ccccc2)c1=N. The van der Waals surface area contributed by atoms with Gasteiger partial charge in [0.15, 0.2) is 0 Å². The van der Waals surface area contributed by atoms with E-state index in [9.17, 15) is 5.11 Å². The van der Waals surface area contributed by atoms with Crippen LogP contribution in [0, 0.1) is 5.41 Å². The maximum atomic E-state index is 9.79. The molecule has 0 saturated heterocycles. The number of aliphatic hydroxyl groups excluding tert-OH is 1. The second kappa shape index (κ2) is 7.09. The Morgan fingerprint density at radius 3 is 2.29 bits per heavy atom. The quantitative estimate of drug-likeness (QED) is 0.560. The molecule has 2 heterocycles. The minimum Gasteiger partial charge on any atom is -0.394 e. The van der Waals surface area contributed by atoms with Gasteiger partial charge >= 0.3 is 0 Å².